The third-order valence-electron chi connectivity index (χ3n) is 6.37. The predicted octanol–water partition coefficient (Wildman–Crippen LogP) is 6.68. The average Bonchev–Trinajstić information content (AvgIpc) is 2.78. The number of rotatable bonds is 5. The third kappa shape index (κ3) is 5.21. The van der Waals surface area contributed by atoms with Crippen molar-refractivity contribution in [2.45, 2.75) is 44.9 Å². The first-order chi connectivity index (χ1) is 15.3. The summed E-state index contributed by atoms with van der Waals surface area (Å²) in [6.45, 7) is 1.92. The maximum absolute atomic E-state index is 12.7. The van der Waals surface area contributed by atoms with Crippen LogP contribution >= 0.6 is 0 Å². The Morgan fingerprint density at radius 1 is 1.03 bits per heavy atom. The number of pyridine rings is 1. The molecule has 1 fully saturated rings. The summed E-state index contributed by atoms with van der Waals surface area (Å²) in [7, 11) is 0. The van der Waals surface area contributed by atoms with E-state index in [9.17, 15) is 18.0 Å². The SMILES string of the molecule is C[C@@H](C(=O)Nc1ccc(OC(F)(F)F)cc1)C1CCC(c2ccnc3ccccc23)CC1. The molecule has 2 aromatic carbocycles. The van der Waals surface area contributed by atoms with Gasteiger partial charge in [-0.1, -0.05) is 25.1 Å². The second-order valence-electron chi connectivity index (χ2n) is 8.38. The zero-order valence-corrected chi connectivity index (χ0v) is 17.7. The van der Waals surface area contributed by atoms with Crippen molar-refractivity contribution < 1.29 is 22.7 Å². The second kappa shape index (κ2) is 9.18. The highest BCUT2D eigenvalue weighted by atomic mass is 19.4. The van der Waals surface area contributed by atoms with Crippen molar-refractivity contribution in [1.82, 2.24) is 4.98 Å². The maximum Gasteiger partial charge on any atom is 0.573 e. The largest absolute Gasteiger partial charge is 0.573 e. The number of ether oxygens (including phenoxy) is 1. The van der Waals surface area contributed by atoms with E-state index < -0.39 is 6.36 Å². The Bertz CT molecular complexity index is 1070. The molecule has 0 saturated heterocycles. The van der Waals surface area contributed by atoms with Crippen LogP contribution < -0.4 is 10.1 Å². The predicted molar refractivity (Wildman–Crippen MR) is 117 cm³/mol. The Kier molecular flexibility index (Phi) is 6.35. The van der Waals surface area contributed by atoms with Crippen molar-refractivity contribution in [1.29, 1.82) is 0 Å². The monoisotopic (exact) mass is 442 g/mol. The molecule has 0 unspecified atom stereocenters. The quantitative estimate of drug-likeness (QED) is 0.479. The minimum absolute atomic E-state index is 0.118. The average molecular weight is 442 g/mol. The Hall–Kier alpha value is -3.09. The maximum atomic E-state index is 12.7. The van der Waals surface area contributed by atoms with Crippen molar-refractivity contribution in [3.05, 3.63) is 66.4 Å². The first kappa shape index (κ1) is 22.1. The van der Waals surface area contributed by atoms with E-state index in [1.807, 2.05) is 31.3 Å². The molecule has 7 heteroatoms. The highest BCUT2D eigenvalue weighted by molar-refractivity contribution is 5.92. The number of amides is 1. The van der Waals surface area contributed by atoms with Gasteiger partial charge < -0.3 is 10.1 Å². The van der Waals surface area contributed by atoms with E-state index in [0.717, 1.165) is 31.2 Å². The molecule has 0 spiro atoms. The number of hydrogen-bond donors (Lipinski definition) is 1. The summed E-state index contributed by atoms with van der Waals surface area (Å²) in [4.78, 5) is 17.2. The number of benzene rings is 2. The molecule has 4 rings (SSSR count). The van der Waals surface area contributed by atoms with Gasteiger partial charge in [-0.05, 0) is 79.5 Å². The van der Waals surface area contributed by atoms with Gasteiger partial charge in [0.15, 0.2) is 0 Å². The molecule has 1 heterocycles. The van der Waals surface area contributed by atoms with Gasteiger partial charge in [0.2, 0.25) is 5.91 Å². The van der Waals surface area contributed by atoms with Crippen molar-refractivity contribution in [2.75, 3.05) is 5.32 Å². The van der Waals surface area contributed by atoms with E-state index in [4.69, 9.17) is 0 Å². The molecular formula is C25H25F3N2O2. The number of carbonyl (C=O) groups is 1. The van der Waals surface area contributed by atoms with E-state index in [-0.39, 0.29) is 23.5 Å². The lowest BCUT2D eigenvalue weighted by Gasteiger charge is -2.32. The second-order valence-corrected chi connectivity index (χ2v) is 8.38. The van der Waals surface area contributed by atoms with Crippen molar-refractivity contribution in [2.24, 2.45) is 11.8 Å². The number of halogens is 3. The molecule has 3 aromatic rings. The molecule has 32 heavy (non-hydrogen) atoms. The summed E-state index contributed by atoms with van der Waals surface area (Å²) < 4.78 is 40.7. The van der Waals surface area contributed by atoms with Crippen LogP contribution in [0, 0.1) is 11.8 Å². The van der Waals surface area contributed by atoms with Gasteiger partial charge in [-0.3, -0.25) is 9.78 Å². The Morgan fingerprint density at radius 3 is 2.41 bits per heavy atom. The molecule has 1 aliphatic rings. The van der Waals surface area contributed by atoms with Gasteiger partial charge in [0.1, 0.15) is 5.75 Å². The molecule has 1 atom stereocenters. The molecule has 1 amide bonds. The number of carbonyl (C=O) groups excluding carboxylic acids is 1. The van der Waals surface area contributed by atoms with E-state index in [0.29, 0.717) is 11.6 Å². The number of anilines is 1. The summed E-state index contributed by atoms with van der Waals surface area (Å²) in [6, 6.07) is 15.5. The smallest absolute Gasteiger partial charge is 0.406 e. The Balaban J connectivity index is 1.34. The van der Waals surface area contributed by atoms with Crippen molar-refractivity contribution in [3.63, 3.8) is 0 Å². The highest BCUT2D eigenvalue weighted by Crippen LogP contribution is 2.40. The number of nitrogens with zero attached hydrogens (tertiary/aromatic N) is 1. The fraction of sp³-hybridized carbons (Fsp3) is 0.360. The highest BCUT2D eigenvalue weighted by Gasteiger charge is 2.32. The molecule has 168 valence electrons. The number of aromatic nitrogens is 1. The summed E-state index contributed by atoms with van der Waals surface area (Å²) >= 11 is 0. The zero-order chi connectivity index (χ0) is 22.7. The Labute approximate surface area is 184 Å². The topological polar surface area (TPSA) is 51.2 Å². The molecule has 4 nitrogen and oxygen atoms in total. The zero-order valence-electron chi connectivity index (χ0n) is 17.7. The standard InChI is InChI=1S/C25H25F3N2O2/c1-16(24(31)30-19-10-12-20(13-11-19)32-25(26,27)28)17-6-8-18(9-7-17)21-14-15-29-23-5-3-2-4-22(21)23/h2-5,10-18H,6-9H2,1H3,(H,30,31)/t16-,17?,18?/m1/s1. The van der Waals surface area contributed by atoms with E-state index >= 15 is 0 Å². The van der Waals surface area contributed by atoms with E-state index in [1.54, 1.807) is 0 Å². The number of fused-ring (bicyclic) bond motifs is 1. The van der Waals surface area contributed by atoms with Gasteiger partial charge in [-0.25, -0.2) is 0 Å². The van der Waals surface area contributed by atoms with Crippen LogP contribution in [0.4, 0.5) is 18.9 Å². The number of alkyl halides is 3. The summed E-state index contributed by atoms with van der Waals surface area (Å²) in [5.74, 6) is 0.108. The van der Waals surface area contributed by atoms with Gasteiger partial charge in [-0.15, -0.1) is 13.2 Å². The van der Waals surface area contributed by atoms with Gasteiger partial charge >= 0.3 is 6.36 Å². The fourth-order valence-electron chi connectivity index (χ4n) is 4.61. The third-order valence-corrected chi connectivity index (χ3v) is 6.37. The Morgan fingerprint density at radius 2 is 1.72 bits per heavy atom. The van der Waals surface area contributed by atoms with Crippen LogP contribution in [0.15, 0.2) is 60.8 Å². The molecule has 0 bridgehead atoms. The van der Waals surface area contributed by atoms with Gasteiger partial charge in [0.05, 0.1) is 5.52 Å². The molecule has 1 saturated carbocycles. The normalized spacial score (nSPS) is 20.0. The lowest BCUT2D eigenvalue weighted by Crippen LogP contribution is -2.29. The molecule has 0 radical (unpaired) electrons. The van der Waals surface area contributed by atoms with Crippen LogP contribution in [-0.2, 0) is 4.79 Å². The number of nitrogens with one attached hydrogen (secondary N) is 1. The van der Waals surface area contributed by atoms with Crippen LogP contribution in [0.1, 0.15) is 44.1 Å². The van der Waals surface area contributed by atoms with Gasteiger partial charge in [-0.2, -0.15) is 0 Å². The summed E-state index contributed by atoms with van der Waals surface area (Å²) in [6.07, 6.45) is 1.06. The van der Waals surface area contributed by atoms with Crippen LogP contribution in [0.5, 0.6) is 5.75 Å². The molecule has 1 aromatic heterocycles. The van der Waals surface area contributed by atoms with Crippen LogP contribution in [0.2, 0.25) is 0 Å². The van der Waals surface area contributed by atoms with Gasteiger partial charge in [0, 0.05) is 23.2 Å². The van der Waals surface area contributed by atoms with Crippen LogP contribution in [-0.4, -0.2) is 17.3 Å². The minimum atomic E-state index is -4.74. The number of para-hydroxylation sites is 1. The van der Waals surface area contributed by atoms with E-state index in [1.165, 1.54) is 35.2 Å². The first-order valence-electron chi connectivity index (χ1n) is 10.8. The molecule has 0 aliphatic heterocycles. The van der Waals surface area contributed by atoms with Crippen molar-refractivity contribution in [3.8, 4) is 5.75 Å². The van der Waals surface area contributed by atoms with Gasteiger partial charge in [0.25, 0.3) is 0 Å². The van der Waals surface area contributed by atoms with E-state index in [2.05, 4.69) is 27.2 Å². The van der Waals surface area contributed by atoms with Crippen LogP contribution in [0.3, 0.4) is 0 Å². The molecule has 1 N–H and O–H groups in total. The lowest BCUT2D eigenvalue weighted by atomic mass is 9.73. The lowest BCUT2D eigenvalue weighted by molar-refractivity contribution is -0.274. The van der Waals surface area contributed by atoms with Crippen LogP contribution in [0.25, 0.3) is 10.9 Å². The first-order valence-corrected chi connectivity index (χ1v) is 10.8. The summed E-state index contributed by atoms with van der Waals surface area (Å²) in [5, 5.41) is 4.01. The molecule has 1 aliphatic carbocycles. The fourth-order valence-corrected chi connectivity index (χ4v) is 4.61. The minimum Gasteiger partial charge on any atom is -0.406 e. The summed E-state index contributed by atoms with van der Waals surface area (Å²) in [5.41, 5.74) is 2.78. The number of hydrogen-bond acceptors (Lipinski definition) is 3. The van der Waals surface area contributed by atoms with Crippen molar-refractivity contribution >= 4 is 22.5 Å². The molecular weight excluding hydrogens is 417 g/mol.